The minimum Gasteiger partial charge on any atom is -0.495 e. The Morgan fingerprint density at radius 3 is 2.29 bits per heavy atom. The number of methoxy groups -OCH3 is 1. The molecule has 2 amide bonds. The minimum atomic E-state index is -3.68. The van der Waals surface area contributed by atoms with Crippen molar-refractivity contribution in [3.05, 3.63) is 94.0 Å². The first-order chi connectivity index (χ1) is 20.0. The van der Waals surface area contributed by atoms with E-state index < -0.39 is 16.1 Å². The third-order valence-corrected chi connectivity index (χ3v) is 8.55. The third-order valence-electron chi connectivity index (χ3n) is 6.69. The molecule has 226 valence electrons. The van der Waals surface area contributed by atoms with Crippen molar-refractivity contribution in [2.24, 2.45) is 0 Å². The first-order valence-corrected chi connectivity index (χ1v) is 16.3. The van der Waals surface area contributed by atoms with Crippen LogP contribution in [-0.4, -0.2) is 57.6 Å². The number of halogens is 2. The zero-order valence-electron chi connectivity index (χ0n) is 24.1. The van der Waals surface area contributed by atoms with Crippen LogP contribution in [-0.2, 0) is 32.6 Å². The summed E-state index contributed by atoms with van der Waals surface area (Å²) in [6, 6.07) is 20.6. The number of benzene rings is 3. The normalized spacial score (nSPS) is 11.9. The number of carbonyl (C=O) groups is 2. The Morgan fingerprint density at radius 1 is 0.976 bits per heavy atom. The van der Waals surface area contributed by atoms with Crippen molar-refractivity contribution in [3.8, 4) is 5.75 Å². The zero-order chi connectivity index (χ0) is 30.7. The van der Waals surface area contributed by atoms with E-state index in [0.29, 0.717) is 35.0 Å². The highest BCUT2D eigenvalue weighted by Gasteiger charge is 2.31. The molecule has 1 N–H and O–H groups in total. The van der Waals surface area contributed by atoms with Crippen molar-refractivity contribution in [3.63, 3.8) is 0 Å². The summed E-state index contributed by atoms with van der Waals surface area (Å²) in [7, 11) is -2.21. The fraction of sp³-hybridized carbons (Fsp3) is 0.355. The number of carbonyl (C=O) groups excluding carboxylic acids is 2. The highest BCUT2D eigenvalue weighted by molar-refractivity contribution is 7.92. The van der Waals surface area contributed by atoms with Crippen molar-refractivity contribution in [2.75, 3.05) is 30.8 Å². The van der Waals surface area contributed by atoms with Crippen molar-refractivity contribution in [2.45, 2.75) is 45.2 Å². The molecular formula is C31H37Cl2N3O5S. The lowest BCUT2D eigenvalue weighted by Crippen LogP contribution is -2.50. The van der Waals surface area contributed by atoms with E-state index in [1.54, 1.807) is 29.2 Å². The van der Waals surface area contributed by atoms with Gasteiger partial charge in [0, 0.05) is 37.5 Å². The number of sulfonamides is 1. The SMILES string of the molecule is CCCNC(=O)[C@H](Cc1ccccc1)N(Cc1ccccc1Cl)C(=O)CCCN(c1ccc(OC)c(Cl)c1)S(C)(=O)=O. The number of hydrogen-bond acceptors (Lipinski definition) is 5. The molecule has 1 atom stereocenters. The van der Waals surface area contributed by atoms with E-state index in [4.69, 9.17) is 27.9 Å². The van der Waals surface area contributed by atoms with Gasteiger partial charge in [0.1, 0.15) is 11.8 Å². The molecule has 0 aromatic heterocycles. The maximum atomic E-state index is 13.9. The van der Waals surface area contributed by atoms with Gasteiger partial charge in [0.25, 0.3) is 0 Å². The summed E-state index contributed by atoms with van der Waals surface area (Å²) in [5, 5.41) is 3.70. The average Bonchev–Trinajstić information content (AvgIpc) is 2.96. The Hall–Kier alpha value is -3.27. The number of nitrogens with one attached hydrogen (secondary N) is 1. The maximum absolute atomic E-state index is 13.9. The molecule has 42 heavy (non-hydrogen) atoms. The Balaban J connectivity index is 1.88. The summed E-state index contributed by atoms with van der Waals surface area (Å²) in [5.41, 5.74) is 1.98. The van der Waals surface area contributed by atoms with Gasteiger partial charge in [0.05, 0.1) is 24.1 Å². The molecule has 11 heteroatoms. The van der Waals surface area contributed by atoms with Crippen molar-refractivity contribution < 1.29 is 22.7 Å². The smallest absolute Gasteiger partial charge is 0.243 e. The molecule has 0 heterocycles. The third kappa shape index (κ3) is 9.37. The predicted octanol–water partition coefficient (Wildman–Crippen LogP) is 5.71. The lowest BCUT2D eigenvalue weighted by atomic mass is 10.0. The van der Waals surface area contributed by atoms with E-state index in [1.807, 2.05) is 49.4 Å². The second-order valence-corrected chi connectivity index (χ2v) is 12.6. The van der Waals surface area contributed by atoms with Crippen LogP contribution in [0, 0.1) is 0 Å². The molecule has 0 aliphatic carbocycles. The summed E-state index contributed by atoms with van der Waals surface area (Å²) < 4.78 is 31.7. The highest BCUT2D eigenvalue weighted by atomic mass is 35.5. The number of amides is 2. The molecule has 0 radical (unpaired) electrons. The molecule has 3 aromatic rings. The first-order valence-electron chi connectivity index (χ1n) is 13.7. The van der Waals surface area contributed by atoms with E-state index in [9.17, 15) is 18.0 Å². The lowest BCUT2D eigenvalue weighted by molar-refractivity contribution is -0.141. The molecule has 0 aliphatic rings. The summed E-state index contributed by atoms with van der Waals surface area (Å²) in [6.45, 7) is 2.60. The van der Waals surface area contributed by atoms with E-state index in [-0.39, 0.29) is 42.8 Å². The molecule has 0 fully saturated rings. The summed E-state index contributed by atoms with van der Waals surface area (Å²) >= 11 is 12.7. The Labute approximate surface area is 258 Å². The molecule has 0 spiro atoms. The molecule has 0 aliphatic heterocycles. The summed E-state index contributed by atoms with van der Waals surface area (Å²) in [5.74, 6) is -0.125. The van der Waals surface area contributed by atoms with Gasteiger partial charge in [0.2, 0.25) is 21.8 Å². The Kier molecular flexibility index (Phi) is 12.5. The number of anilines is 1. The van der Waals surface area contributed by atoms with Crippen LogP contribution in [0.3, 0.4) is 0 Å². The van der Waals surface area contributed by atoms with Gasteiger partial charge in [-0.05, 0) is 48.2 Å². The zero-order valence-corrected chi connectivity index (χ0v) is 26.4. The van der Waals surface area contributed by atoms with Crippen LogP contribution in [0.4, 0.5) is 5.69 Å². The standard InChI is InChI=1S/C31H37Cl2N3O5S/c1-4-18-34-31(38)28(20-23-11-6-5-7-12-23)35(22-24-13-8-9-14-26(24)32)30(37)15-10-19-36(42(3,39)40)25-16-17-29(41-2)27(33)21-25/h5-9,11-14,16-17,21,28H,4,10,15,18-20,22H2,1-3H3,(H,34,38)/t28-/m0/s1. The monoisotopic (exact) mass is 633 g/mol. The Morgan fingerprint density at radius 2 is 1.67 bits per heavy atom. The average molecular weight is 635 g/mol. The van der Waals surface area contributed by atoms with Gasteiger partial charge in [-0.25, -0.2) is 8.42 Å². The summed E-state index contributed by atoms with van der Waals surface area (Å²) in [6.07, 6.45) is 2.38. The predicted molar refractivity (Wildman–Crippen MR) is 169 cm³/mol. The molecule has 3 rings (SSSR count). The number of ether oxygens (including phenoxy) is 1. The molecule has 0 bridgehead atoms. The number of rotatable bonds is 15. The van der Waals surface area contributed by atoms with Crippen LogP contribution in [0.5, 0.6) is 5.75 Å². The van der Waals surface area contributed by atoms with Gasteiger partial charge < -0.3 is 15.0 Å². The van der Waals surface area contributed by atoms with Gasteiger partial charge in [0.15, 0.2) is 0 Å². The highest BCUT2D eigenvalue weighted by Crippen LogP contribution is 2.30. The lowest BCUT2D eigenvalue weighted by Gasteiger charge is -2.32. The van der Waals surface area contributed by atoms with Gasteiger partial charge in [-0.15, -0.1) is 0 Å². The van der Waals surface area contributed by atoms with E-state index in [2.05, 4.69) is 5.32 Å². The van der Waals surface area contributed by atoms with Gasteiger partial charge in [-0.1, -0.05) is 78.7 Å². The number of nitrogens with zero attached hydrogens (tertiary/aromatic N) is 2. The second-order valence-electron chi connectivity index (χ2n) is 9.87. The molecular weight excluding hydrogens is 597 g/mol. The van der Waals surface area contributed by atoms with Gasteiger partial charge in [-0.3, -0.25) is 13.9 Å². The number of hydrogen-bond donors (Lipinski definition) is 1. The van der Waals surface area contributed by atoms with E-state index >= 15 is 0 Å². The van der Waals surface area contributed by atoms with Crippen LogP contribution < -0.4 is 14.4 Å². The molecule has 8 nitrogen and oxygen atoms in total. The van der Waals surface area contributed by atoms with Crippen LogP contribution >= 0.6 is 23.2 Å². The van der Waals surface area contributed by atoms with Crippen molar-refractivity contribution in [1.29, 1.82) is 0 Å². The van der Waals surface area contributed by atoms with E-state index in [1.165, 1.54) is 17.5 Å². The minimum absolute atomic E-state index is 0.00665. The second kappa shape index (κ2) is 15.8. The van der Waals surface area contributed by atoms with Gasteiger partial charge >= 0.3 is 0 Å². The van der Waals surface area contributed by atoms with Gasteiger partial charge in [-0.2, -0.15) is 0 Å². The van der Waals surface area contributed by atoms with Crippen molar-refractivity contribution in [1.82, 2.24) is 10.2 Å². The maximum Gasteiger partial charge on any atom is 0.243 e. The fourth-order valence-corrected chi connectivity index (χ4v) is 5.95. The molecule has 3 aromatic carbocycles. The Bertz CT molecular complexity index is 1450. The van der Waals surface area contributed by atoms with Crippen molar-refractivity contribution >= 4 is 50.7 Å². The quantitative estimate of drug-likeness (QED) is 0.231. The fourth-order valence-electron chi connectivity index (χ4n) is 4.54. The molecule has 0 unspecified atom stereocenters. The van der Waals surface area contributed by atoms with Crippen LogP contribution in [0.15, 0.2) is 72.8 Å². The van der Waals surface area contributed by atoms with E-state index in [0.717, 1.165) is 18.2 Å². The molecule has 0 saturated heterocycles. The van der Waals surface area contributed by atoms with Crippen LogP contribution in [0.1, 0.15) is 37.3 Å². The van der Waals surface area contributed by atoms with Crippen LogP contribution in [0.2, 0.25) is 10.0 Å². The topological polar surface area (TPSA) is 96.0 Å². The first kappa shape index (κ1) is 33.2. The molecule has 0 saturated carbocycles. The summed E-state index contributed by atoms with van der Waals surface area (Å²) in [4.78, 5) is 28.9. The van der Waals surface area contributed by atoms with Crippen LogP contribution in [0.25, 0.3) is 0 Å². The largest absolute Gasteiger partial charge is 0.495 e.